The standard InChI is InChI=1S/C14H21NO/c1-14(7-15-13(14)16)12-10-3-8-2-9(5-10)6-11(12)4-8/h8-12H,2-7H2,1H3,(H,15,16). The van der Waals surface area contributed by atoms with E-state index in [-0.39, 0.29) is 5.41 Å². The summed E-state index contributed by atoms with van der Waals surface area (Å²) in [5, 5.41) is 2.97. The Bertz CT molecular complexity index is 323. The maximum atomic E-state index is 11.9. The Labute approximate surface area is 97.2 Å². The minimum Gasteiger partial charge on any atom is -0.354 e. The van der Waals surface area contributed by atoms with Crippen molar-refractivity contribution in [2.75, 3.05) is 6.54 Å². The third-order valence-corrected chi connectivity index (χ3v) is 6.10. The van der Waals surface area contributed by atoms with E-state index in [9.17, 15) is 4.79 Å². The molecule has 1 atom stereocenters. The molecule has 0 aromatic heterocycles. The van der Waals surface area contributed by atoms with Gasteiger partial charge in [0.25, 0.3) is 0 Å². The van der Waals surface area contributed by atoms with Crippen LogP contribution in [0, 0.1) is 35.0 Å². The molecule has 4 saturated carbocycles. The lowest BCUT2D eigenvalue weighted by molar-refractivity contribution is -0.160. The molecule has 1 N–H and O–H groups in total. The molecule has 16 heavy (non-hydrogen) atoms. The second kappa shape index (κ2) is 2.83. The second-order valence-corrected chi connectivity index (χ2v) is 7.06. The van der Waals surface area contributed by atoms with Gasteiger partial charge in [-0.25, -0.2) is 0 Å². The van der Waals surface area contributed by atoms with Crippen LogP contribution in [0.15, 0.2) is 0 Å². The number of nitrogens with one attached hydrogen (secondary N) is 1. The van der Waals surface area contributed by atoms with Crippen molar-refractivity contribution in [3.63, 3.8) is 0 Å². The topological polar surface area (TPSA) is 29.1 Å². The first-order valence-electron chi connectivity index (χ1n) is 6.95. The van der Waals surface area contributed by atoms with E-state index in [1.807, 2.05) is 0 Å². The fourth-order valence-corrected chi connectivity index (χ4v) is 5.67. The smallest absolute Gasteiger partial charge is 0.228 e. The molecule has 5 aliphatic rings. The van der Waals surface area contributed by atoms with Crippen molar-refractivity contribution in [1.29, 1.82) is 0 Å². The van der Waals surface area contributed by atoms with Crippen LogP contribution in [0.4, 0.5) is 0 Å². The summed E-state index contributed by atoms with van der Waals surface area (Å²) in [6.45, 7) is 3.16. The number of carbonyl (C=O) groups excluding carboxylic acids is 1. The van der Waals surface area contributed by atoms with E-state index < -0.39 is 0 Å². The highest BCUT2D eigenvalue weighted by Gasteiger charge is 2.59. The monoisotopic (exact) mass is 219 g/mol. The van der Waals surface area contributed by atoms with Gasteiger partial charge in [-0.05, 0) is 68.6 Å². The van der Waals surface area contributed by atoms with Crippen LogP contribution in [-0.2, 0) is 4.79 Å². The summed E-state index contributed by atoms with van der Waals surface area (Å²) in [7, 11) is 0. The summed E-state index contributed by atoms with van der Waals surface area (Å²) in [5.74, 6) is 4.86. The Morgan fingerprint density at radius 1 is 1.06 bits per heavy atom. The van der Waals surface area contributed by atoms with E-state index >= 15 is 0 Å². The van der Waals surface area contributed by atoms with Gasteiger partial charge in [0.2, 0.25) is 5.91 Å². The molecule has 4 aliphatic carbocycles. The van der Waals surface area contributed by atoms with Gasteiger partial charge < -0.3 is 5.32 Å². The van der Waals surface area contributed by atoms with Gasteiger partial charge >= 0.3 is 0 Å². The number of β-lactam (4-membered cyclic amide) rings is 1. The third kappa shape index (κ3) is 1.01. The zero-order valence-electron chi connectivity index (χ0n) is 10.0. The maximum Gasteiger partial charge on any atom is 0.228 e. The lowest BCUT2D eigenvalue weighted by atomic mass is 9.46. The quantitative estimate of drug-likeness (QED) is 0.673. The molecule has 1 saturated heterocycles. The predicted molar refractivity (Wildman–Crippen MR) is 61.7 cm³/mol. The van der Waals surface area contributed by atoms with Gasteiger partial charge in [0, 0.05) is 6.54 Å². The van der Waals surface area contributed by atoms with E-state index in [4.69, 9.17) is 0 Å². The second-order valence-electron chi connectivity index (χ2n) is 7.06. The molecule has 0 spiro atoms. The largest absolute Gasteiger partial charge is 0.354 e. The van der Waals surface area contributed by atoms with Gasteiger partial charge in [-0.2, -0.15) is 0 Å². The summed E-state index contributed by atoms with van der Waals surface area (Å²) in [5.41, 5.74) is 0.00259. The Morgan fingerprint density at radius 3 is 2.00 bits per heavy atom. The molecule has 2 nitrogen and oxygen atoms in total. The van der Waals surface area contributed by atoms with Crippen molar-refractivity contribution in [3.05, 3.63) is 0 Å². The van der Waals surface area contributed by atoms with Crippen LogP contribution in [-0.4, -0.2) is 12.5 Å². The minimum absolute atomic E-state index is 0.00259. The Morgan fingerprint density at radius 2 is 1.62 bits per heavy atom. The van der Waals surface area contributed by atoms with Crippen molar-refractivity contribution in [3.8, 4) is 0 Å². The van der Waals surface area contributed by atoms with Crippen molar-refractivity contribution in [2.45, 2.75) is 39.0 Å². The molecule has 4 bridgehead atoms. The first kappa shape index (κ1) is 9.49. The van der Waals surface area contributed by atoms with E-state index in [1.54, 1.807) is 0 Å². The number of amides is 1. The zero-order valence-corrected chi connectivity index (χ0v) is 10.0. The molecule has 0 aromatic rings. The molecular formula is C14H21NO. The Hall–Kier alpha value is -0.530. The van der Waals surface area contributed by atoms with Crippen LogP contribution in [0.25, 0.3) is 0 Å². The van der Waals surface area contributed by atoms with Gasteiger partial charge in [-0.1, -0.05) is 0 Å². The first-order valence-corrected chi connectivity index (χ1v) is 6.95. The SMILES string of the molecule is CC1(C2C3CC4CC(C3)CC2C4)CNC1=O. The van der Waals surface area contributed by atoms with Crippen LogP contribution in [0.3, 0.4) is 0 Å². The molecule has 5 fully saturated rings. The van der Waals surface area contributed by atoms with Crippen LogP contribution in [0.2, 0.25) is 0 Å². The highest BCUT2D eigenvalue weighted by Crippen LogP contribution is 2.61. The fourth-order valence-electron chi connectivity index (χ4n) is 5.67. The molecule has 0 radical (unpaired) electrons. The summed E-state index contributed by atoms with van der Waals surface area (Å²) in [6, 6.07) is 0. The highest BCUT2D eigenvalue weighted by atomic mass is 16.2. The number of hydrogen-bond donors (Lipinski definition) is 1. The molecule has 1 amide bonds. The molecule has 88 valence electrons. The minimum atomic E-state index is 0.00259. The average molecular weight is 219 g/mol. The van der Waals surface area contributed by atoms with Gasteiger partial charge in [0.1, 0.15) is 0 Å². The molecule has 1 unspecified atom stereocenters. The summed E-state index contributed by atoms with van der Waals surface area (Å²) in [4.78, 5) is 11.9. The summed E-state index contributed by atoms with van der Waals surface area (Å²) < 4.78 is 0. The van der Waals surface area contributed by atoms with Crippen LogP contribution in [0.5, 0.6) is 0 Å². The van der Waals surface area contributed by atoms with Gasteiger partial charge in [0.15, 0.2) is 0 Å². The van der Waals surface area contributed by atoms with E-state index in [0.717, 1.165) is 30.2 Å². The highest BCUT2D eigenvalue weighted by molar-refractivity contribution is 5.88. The van der Waals surface area contributed by atoms with Crippen LogP contribution < -0.4 is 5.32 Å². The number of rotatable bonds is 1. The van der Waals surface area contributed by atoms with Crippen LogP contribution in [0.1, 0.15) is 39.0 Å². The van der Waals surface area contributed by atoms with Crippen molar-refractivity contribution < 1.29 is 4.79 Å². The van der Waals surface area contributed by atoms with Gasteiger partial charge in [-0.15, -0.1) is 0 Å². The number of hydrogen-bond acceptors (Lipinski definition) is 1. The fraction of sp³-hybridized carbons (Fsp3) is 0.929. The Balaban J connectivity index is 1.67. The lowest BCUT2D eigenvalue weighted by Gasteiger charge is -2.60. The third-order valence-electron chi connectivity index (χ3n) is 6.10. The summed E-state index contributed by atoms with van der Waals surface area (Å²) in [6.07, 6.45) is 7.23. The lowest BCUT2D eigenvalue weighted by Crippen LogP contribution is -2.66. The predicted octanol–water partition coefficient (Wildman–Crippen LogP) is 2.19. The van der Waals surface area contributed by atoms with Crippen molar-refractivity contribution in [1.82, 2.24) is 5.32 Å². The molecule has 2 heteroatoms. The van der Waals surface area contributed by atoms with E-state index in [2.05, 4.69) is 12.2 Å². The van der Waals surface area contributed by atoms with E-state index in [0.29, 0.717) is 11.8 Å². The molecule has 5 rings (SSSR count). The van der Waals surface area contributed by atoms with Gasteiger partial charge in [-0.3, -0.25) is 4.79 Å². The molecule has 0 aromatic carbocycles. The molecule has 1 aliphatic heterocycles. The normalized spacial score (nSPS) is 58.3. The molecule has 1 heterocycles. The van der Waals surface area contributed by atoms with Crippen LogP contribution >= 0.6 is 0 Å². The van der Waals surface area contributed by atoms with Crippen molar-refractivity contribution >= 4 is 5.91 Å². The maximum absolute atomic E-state index is 11.9. The Kier molecular flexibility index (Phi) is 1.68. The van der Waals surface area contributed by atoms with Crippen molar-refractivity contribution in [2.24, 2.45) is 35.0 Å². The molecular weight excluding hydrogens is 198 g/mol. The average Bonchev–Trinajstić information content (AvgIpc) is 2.25. The summed E-state index contributed by atoms with van der Waals surface area (Å²) >= 11 is 0. The van der Waals surface area contributed by atoms with Gasteiger partial charge in [0.05, 0.1) is 5.41 Å². The zero-order chi connectivity index (χ0) is 10.9. The van der Waals surface area contributed by atoms with E-state index in [1.165, 1.54) is 32.1 Å². The first-order chi connectivity index (χ1) is 7.67. The number of carbonyl (C=O) groups is 1.